The maximum Gasteiger partial charge on any atom is 0.246 e. The molecule has 106 valence electrons. The second kappa shape index (κ2) is 4.93. The minimum absolute atomic E-state index is 0.0426. The summed E-state index contributed by atoms with van der Waals surface area (Å²) in [6, 6.07) is -0.261. The number of aryl methyl sites for hydroxylation is 2. The molecule has 1 atom stereocenters. The molecule has 0 aromatic carbocycles. The smallest absolute Gasteiger partial charge is 0.246 e. The van der Waals surface area contributed by atoms with E-state index in [4.69, 9.17) is 4.52 Å². The number of hydrogen-bond acceptors (Lipinski definition) is 5. The Hall–Kier alpha value is -1.41. The van der Waals surface area contributed by atoms with Gasteiger partial charge >= 0.3 is 0 Å². The van der Waals surface area contributed by atoms with Crippen molar-refractivity contribution >= 4 is 15.9 Å². The molecule has 0 aliphatic carbocycles. The number of nitrogens with one attached hydrogen (secondary N) is 1. The van der Waals surface area contributed by atoms with E-state index in [9.17, 15) is 13.2 Å². The molecule has 1 unspecified atom stereocenters. The second-order valence-electron chi connectivity index (χ2n) is 4.73. The van der Waals surface area contributed by atoms with Gasteiger partial charge in [-0.15, -0.1) is 0 Å². The van der Waals surface area contributed by atoms with Gasteiger partial charge in [0.15, 0.2) is 5.76 Å². The minimum atomic E-state index is -3.66. The molecular formula is C11H17N3O4S. The number of amides is 1. The highest BCUT2D eigenvalue weighted by Crippen LogP contribution is 2.20. The zero-order valence-corrected chi connectivity index (χ0v) is 12.0. The Bertz CT molecular complexity index is 574. The van der Waals surface area contributed by atoms with Crippen LogP contribution in [-0.4, -0.2) is 43.5 Å². The number of nitrogens with zero attached hydrogens (tertiary/aromatic N) is 2. The lowest BCUT2D eigenvalue weighted by Gasteiger charge is -2.15. The van der Waals surface area contributed by atoms with Crippen LogP contribution in [0.2, 0.25) is 0 Å². The molecule has 7 nitrogen and oxygen atoms in total. The Kier molecular flexibility index (Phi) is 3.64. The monoisotopic (exact) mass is 287 g/mol. The lowest BCUT2D eigenvalue weighted by molar-refractivity contribution is -0.127. The zero-order valence-electron chi connectivity index (χ0n) is 11.1. The van der Waals surface area contributed by atoms with Gasteiger partial charge in [0.05, 0.1) is 0 Å². The van der Waals surface area contributed by atoms with Crippen LogP contribution < -0.4 is 4.72 Å². The van der Waals surface area contributed by atoms with Gasteiger partial charge < -0.3 is 9.42 Å². The molecule has 1 aliphatic heterocycles. The normalized spacial score (nSPS) is 19.9. The first-order chi connectivity index (χ1) is 8.81. The van der Waals surface area contributed by atoms with Crippen molar-refractivity contribution < 1.29 is 17.7 Å². The highest BCUT2D eigenvalue weighted by molar-refractivity contribution is 7.89. The number of carbonyl (C=O) groups is 1. The van der Waals surface area contributed by atoms with Gasteiger partial charge in [0.2, 0.25) is 15.9 Å². The number of sulfonamides is 1. The number of rotatable bonds is 3. The summed E-state index contributed by atoms with van der Waals surface area (Å²) in [7, 11) is -3.66. The predicted molar refractivity (Wildman–Crippen MR) is 67.0 cm³/mol. The largest absolute Gasteiger partial charge is 0.360 e. The summed E-state index contributed by atoms with van der Waals surface area (Å²) in [5.74, 6) is 0.227. The van der Waals surface area contributed by atoms with E-state index in [-0.39, 0.29) is 22.6 Å². The topological polar surface area (TPSA) is 92.5 Å². The molecule has 1 aromatic heterocycles. The molecule has 1 aromatic rings. The van der Waals surface area contributed by atoms with E-state index in [1.807, 2.05) is 0 Å². The second-order valence-corrected chi connectivity index (χ2v) is 6.38. The molecule has 1 N–H and O–H groups in total. The van der Waals surface area contributed by atoms with Gasteiger partial charge in [0.25, 0.3) is 0 Å². The van der Waals surface area contributed by atoms with E-state index in [0.717, 1.165) is 0 Å². The fourth-order valence-corrected chi connectivity index (χ4v) is 3.87. The van der Waals surface area contributed by atoms with Gasteiger partial charge in [-0.1, -0.05) is 5.16 Å². The molecule has 2 heterocycles. The third-order valence-corrected chi connectivity index (χ3v) is 4.96. The van der Waals surface area contributed by atoms with Crippen LogP contribution in [0.3, 0.4) is 0 Å². The first-order valence-corrected chi connectivity index (χ1v) is 7.50. The van der Waals surface area contributed by atoms with Gasteiger partial charge in [-0.25, -0.2) is 13.1 Å². The Labute approximate surface area is 112 Å². The summed E-state index contributed by atoms with van der Waals surface area (Å²) in [6.07, 6.45) is 0.613. The average Bonchev–Trinajstić information content (AvgIpc) is 2.85. The predicted octanol–water partition coefficient (Wildman–Crippen LogP) is 0.191. The van der Waals surface area contributed by atoms with E-state index >= 15 is 0 Å². The molecule has 1 amide bonds. The van der Waals surface area contributed by atoms with Crippen LogP contribution >= 0.6 is 0 Å². The van der Waals surface area contributed by atoms with Crippen LogP contribution in [0.1, 0.15) is 24.8 Å². The van der Waals surface area contributed by atoms with Crippen LogP contribution in [-0.2, 0) is 14.8 Å². The Morgan fingerprint density at radius 2 is 2.16 bits per heavy atom. The van der Waals surface area contributed by atoms with Crippen molar-refractivity contribution in [3.05, 3.63) is 11.5 Å². The SMILES string of the molecule is CC(=O)N1CCC(NS(=O)(=O)c2c(C)noc2C)C1. The van der Waals surface area contributed by atoms with Crippen LogP contribution in [0.15, 0.2) is 9.42 Å². The molecular weight excluding hydrogens is 270 g/mol. The van der Waals surface area contributed by atoms with Gasteiger partial charge in [-0.05, 0) is 20.3 Å². The van der Waals surface area contributed by atoms with Gasteiger partial charge in [-0.3, -0.25) is 4.79 Å². The molecule has 1 saturated heterocycles. The van der Waals surface area contributed by atoms with Crippen LogP contribution in [0.25, 0.3) is 0 Å². The first-order valence-electron chi connectivity index (χ1n) is 6.02. The Balaban J connectivity index is 2.13. The third-order valence-electron chi connectivity index (χ3n) is 3.19. The maximum atomic E-state index is 12.3. The van der Waals surface area contributed by atoms with Crippen molar-refractivity contribution in [2.24, 2.45) is 0 Å². The Morgan fingerprint density at radius 1 is 1.47 bits per heavy atom. The van der Waals surface area contributed by atoms with Crippen LogP contribution in [0.4, 0.5) is 0 Å². The summed E-state index contributed by atoms with van der Waals surface area (Å²) >= 11 is 0. The molecule has 1 fully saturated rings. The summed E-state index contributed by atoms with van der Waals surface area (Å²) in [5, 5.41) is 3.64. The van der Waals surface area contributed by atoms with E-state index in [2.05, 4.69) is 9.88 Å². The summed E-state index contributed by atoms with van der Waals surface area (Å²) < 4.78 is 32.0. The van der Waals surface area contributed by atoms with Gasteiger partial charge in [0.1, 0.15) is 10.6 Å². The summed E-state index contributed by atoms with van der Waals surface area (Å²) in [4.78, 5) is 12.9. The molecule has 8 heteroatoms. The summed E-state index contributed by atoms with van der Waals surface area (Å²) in [6.45, 7) is 5.60. The van der Waals surface area contributed by atoms with Crippen LogP contribution in [0.5, 0.6) is 0 Å². The lowest BCUT2D eigenvalue weighted by Crippen LogP contribution is -2.38. The molecule has 19 heavy (non-hydrogen) atoms. The highest BCUT2D eigenvalue weighted by atomic mass is 32.2. The molecule has 0 saturated carbocycles. The van der Waals surface area contributed by atoms with E-state index < -0.39 is 10.0 Å². The molecule has 0 spiro atoms. The Morgan fingerprint density at radius 3 is 2.63 bits per heavy atom. The van der Waals surface area contributed by atoms with E-state index in [0.29, 0.717) is 25.2 Å². The zero-order chi connectivity index (χ0) is 14.2. The minimum Gasteiger partial charge on any atom is -0.360 e. The van der Waals surface area contributed by atoms with Gasteiger partial charge in [-0.2, -0.15) is 0 Å². The number of hydrogen-bond donors (Lipinski definition) is 1. The van der Waals surface area contributed by atoms with Crippen molar-refractivity contribution in [2.45, 2.75) is 38.1 Å². The number of likely N-dealkylation sites (tertiary alicyclic amines) is 1. The molecule has 0 bridgehead atoms. The molecule has 2 rings (SSSR count). The lowest BCUT2D eigenvalue weighted by atomic mass is 10.3. The van der Waals surface area contributed by atoms with Crippen molar-refractivity contribution in [3.63, 3.8) is 0 Å². The van der Waals surface area contributed by atoms with Crippen molar-refractivity contribution in [1.82, 2.24) is 14.8 Å². The van der Waals surface area contributed by atoms with E-state index in [1.54, 1.807) is 18.7 Å². The molecule has 1 aliphatic rings. The van der Waals surface area contributed by atoms with Gasteiger partial charge in [0, 0.05) is 26.1 Å². The fourth-order valence-electron chi connectivity index (χ4n) is 2.28. The number of aromatic nitrogens is 1. The van der Waals surface area contributed by atoms with Crippen molar-refractivity contribution in [3.8, 4) is 0 Å². The third kappa shape index (κ3) is 2.79. The maximum absolute atomic E-state index is 12.3. The quantitative estimate of drug-likeness (QED) is 0.856. The molecule has 0 radical (unpaired) electrons. The van der Waals surface area contributed by atoms with Crippen LogP contribution in [0, 0.1) is 13.8 Å². The fraction of sp³-hybridized carbons (Fsp3) is 0.636. The highest BCUT2D eigenvalue weighted by Gasteiger charge is 2.31. The summed E-state index contributed by atoms with van der Waals surface area (Å²) in [5.41, 5.74) is 0.339. The van der Waals surface area contributed by atoms with Crippen molar-refractivity contribution in [2.75, 3.05) is 13.1 Å². The average molecular weight is 287 g/mol. The number of carbonyl (C=O) groups excluding carboxylic acids is 1. The van der Waals surface area contributed by atoms with Crippen molar-refractivity contribution in [1.29, 1.82) is 0 Å². The first kappa shape index (κ1) is 14.0. The van der Waals surface area contributed by atoms with E-state index in [1.165, 1.54) is 6.92 Å². The standard InChI is InChI=1S/C11H17N3O4S/c1-7-11(8(2)18-12-7)19(16,17)13-10-4-5-14(6-10)9(3)15/h10,13H,4-6H2,1-3H3.